The molecule has 3 aromatic carbocycles. The van der Waals surface area contributed by atoms with Crippen molar-refractivity contribution in [1.82, 2.24) is 4.90 Å². The van der Waals surface area contributed by atoms with Crippen LogP contribution in [-0.2, 0) is 19.2 Å². The highest BCUT2D eigenvalue weighted by Gasteiger charge is 2.76. The number of nitrogens with zero attached hydrogens (tertiary/aromatic N) is 1. The smallest absolute Gasteiger partial charge is 0.333 e. The molecule has 0 aromatic heterocycles. The number of aromatic hydroxyl groups is 6. The molecule has 7 N–H and O–H groups in total. The van der Waals surface area contributed by atoms with E-state index >= 15 is 0 Å². The summed E-state index contributed by atoms with van der Waals surface area (Å²) >= 11 is 0. The molecule has 0 aliphatic carbocycles. The highest BCUT2D eigenvalue weighted by molar-refractivity contribution is 6.29. The lowest BCUT2D eigenvalue weighted by molar-refractivity contribution is -0.195. The van der Waals surface area contributed by atoms with Gasteiger partial charge in [0.05, 0.1) is 0 Å². The molecule has 3 aliphatic rings. The van der Waals surface area contributed by atoms with E-state index in [0.29, 0.717) is 0 Å². The van der Waals surface area contributed by atoms with Crippen LogP contribution in [0.25, 0.3) is 18.2 Å². The zero-order valence-corrected chi connectivity index (χ0v) is 24.8. The van der Waals surface area contributed by atoms with Crippen molar-refractivity contribution in [2.75, 3.05) is 13.1 Å². The Morgan fingerprint density at radius 3 is 1.28 bits per heavy atom. The maximum absolute atomic E-state index is 14.5. The van der Waals surface area contributed by atoms with Gasteiger partial charge in [-0.3, -0.25) is 19.3 Å². The number of fused-ring (bicyclic) bond motifs is 3. The number of phenolic OH excluding ortho intramolecular Hbond substituents is 6. The van der Waals surface area contributed by atoms with Crippen LogP contribution in [0.2, 0.25) is 0 Å². The molecule has 3 aromatic rings. The Morgan fingerprint density at radius 1 is 0.574 bits per heavy atom. The van der Waals surface area contributed by atoms with E-state index in [-0.39, 0.29) is 42.6 Å². The van der Waals surface area contributed by atoms with Gasteiger partial charge in [0.25, 0.3) is 0 Å². The maximum atomic E-state index is 14.5. The van der Waals surface area contributed by atoms with E-state index < -0.39 is 74.7 Å². The quantitative estimate of drug-likeness (QED) is 0.0961. The summed E-state index contributed by atoms with van der Waals surface area (Å²) in [6.07, 6.45) is 7.02. The highest BCUT2D eigenvalue weighted by Crippen LogP contribution is 2.56. The number of carboxylic acid groups (broad SMARTS) is 1. The number of hydrogen-bond donors (Lipinski definition) is 7. The Morgan fingerprint density at radius 2 is 0.936 bits per heavy atom. The molecule has 242 valence electrons. The van der Waals surface area contributed by atoms with Gasteiger partial charge in [0.1, 0.15) is 5.41 Å². The molecule has 1 unspecified atom stereocenters. The number of carboxylic acids is 1. The molecule has 0 amide bonds. The second-order valence-corrected chi connectivity index (χ2v) is 11.4. The van der Waals surface area contributed by atoms with Crippen LogP contribution in [-0.4, -0.2) is 82.6 Å². The normalized spacial score (nSPS) is 21.8. The van der Waals surface area contributed by atoms with Gasteiger partial charge in [-0.25, -0.2) is 4.79 Å². The van der Waals surface area contributed by atoms with E-state index in [1.54, 1.807) is 0 Å². The van der Waals surface area contributed by atoms with Crippen molar-refractivity contribution in [1.29, 1.82) is 0 Å². The third-order valence-electron chi connectivity index (χ3n) is 8.88. The van der Waals surface area contributed by atoms with E-state index in [1.165, 1.54) is 59.5 Å². The molecule has 6 rings (SSSR count). The highest BCUT2D eigenvalue weighted by atomic mass is 16.4. The zero-order chi connectivity index (χ0) is 34.1. The van der Waals surface area contributed by atoms with Gasteiger partial charge in [-0.05, 0) is 90.1 Å². The van der Waals surface area contributed by atoms with Crippen LogP contribution in [0.5, 0.6) is 34.5 Å². The van der Waals surface area contributed by atoms with Gasteiger partial charge in [-0.2, -0.15) is 0 Å². The van der Waals surface area contributed by atoms with Crippen LogP contribution in [0.1, 0.15) is 29.5 Å². The zero-order valence-electron chi connectivity index (χ0n) is 24.8. The number of phenols is 6. The third-order valence-corrected chi connectivity index (χ3v) is 8.88. The number of benzene rings is 3. The first-order valence-electron chi connectivity index (χ1n) is 14.5. The molecule has 47 heavy (non-hydrogen) atoms. The average Bonchev–Trinajstić information content (AvgIpc) is 3.05. The summed E-state index contributed by atoms with van der Waals surface area (Å²) in [6, 6.07) is 11.1. The van der Waals surface area contributed by atoms with E-state index in [1.807, 2.05) is 0 Å². The molecule has 0 radical (unpaired) electrons. The Hall–Kier alpha value is -5.88. The van der Waals surface area contributed by atoms with E-state index in [4.69, 9.17) is 0 Å². The van der Waals surface area contributed by atoms with Gasteiger partial charge in [-0.1, -0.05) is 36.4 Å². The SMILES string of the molecule is O=C(/C=C/c1ccc(O)c(O)c1)C1(C(=O)/C=C/c2ccc(O)c(O)c2)C2CCN(CC2)C1(C(=O)O)C(=O)/C=C/c1ccc(O)c(O)c1. The van der Waals surface area contributed by atoms with Gasteiger partial charge < -0.3 is 35.7 Å². The van der Waals surface area contributed by atoms with Crippen molar-refractivity contribution in [3.05, 3.63) is 89.5 Å². The van der Waals surface area contributed by atoms with Gasteiger partial charge in [0, 0.05) is 13.1 Å². The number of rotatable bonds is 10. The minimum Gasteiger partial charge on any atom is -0.504 e. The molecule has 0 saturated carbocycles. The summed E-state index contributed by atoms with van der Waals surface area (Å²) in [5, 5.41) is 69.8. The van der Waals surface area contributed by atoms with Crippen LogP contribution in [0.15, 0.2) is 72.8 Å². The summed E-state index contributed by atoms with van der Waals surface area (Å²) < 4.78 is 0. The second-order valence-electron chi connectivity index (χ2n) is 11.4. The molecule has 2 bridgehead atoms. The van der Waals surface area contributed by atoms with Crippen molar-refractivity contribution in [2.45, 2.75) is 18.4 Å². The fourth-order valence-corrected chi connectivity index (χ4v) is 6.66. The van der Waals surface area contributed by atoms with Crippen LogP contribution >= 0.6 is 0 Å². The molecule has 3 fully saturated rings. The molecule has 1 atom stereocenters. The van der Waals surface area contributed by atoms with Gasteiger partial charge in [0.2, 0.25) is 5.54 Å². The fourth-order valence-electron chi connectivity index (χ4n) is 6.66. The lowest BCUT2D eigenvalue weighted by atomic mass is 9.49. The number of allylic oxidation sites excluding steroid dienone is 2. The fraction of sp³-hybridized carbons (Fsp3) is 0.200. The van der Waals surface area contributed by atoms with Crippen LogP contribution in [0.3, 0.4) is 0 Å². The number of aliphatic carboxylic acids is 1. The molecule has 12 heteroatoms. The van der Waals surface area contributed by atoms with Crippen molar-refractivity contribution in [3.8, 4) is 34.5 Å². The Bertz CT molecular complexity index is 1790. The maximum Gasteiger partial charge on any atom is 0.333 e. The first kappa shape index (κ1) is 32.5. The Kier molecular flexibility index (Phi) is 8.64. The predicted octanol–water partition coefficient (Wildman–Crippen LogP) is 3.60. The summed E-state index contributed by atoms with van der Waals surface area (Å²) in [7, 11) is 0. The van der Waals surface area contributed by atoms with Crippen molar-refractivity contribution in [3.63, 3.8) is 0 Å². The van der Waals surface area contributed by atoms with Crippen LogP contribution < -0.4 is 0 Å². The summed E-state index contributed by atoms with van der Waals surface area (Å²) in [5.74, 6) is -8.32. The number of ketones is 3. The lowest BCUT2D eigenvalue weighted by Gasteiger charge is -2.60. The summed E-state index contributed by atoms with van der Waals surface area (Å²) in [4.78, 5) is 58.2. The number of carbonyl (C=O) groups excluding carboxylic acids is 3. The summed E-state index contributed by atoms with van der Waals surface area (Å²) in [6.45, 7) is 0.202. The minimum absolute atomic E-state index is 0.101. The van der Waals surface area contributed by atoms with Gasteiger partial charge in [0.15, 0.2) is 51.8 Å². The number of carbonyl (C=O) groups is 4. The van der Waals surface area contributed by atoms with Crippen LogP contribution in [0, 0.1) is 11.3 Å². The number of hydrogen-bond acceptors (Lipinski definition) is 11. The molecule has 3 saturated heterocycles. The first-order chi connectivity index (χ1) is 22.3. The monoisotopic (exact) mass is 641 g/mol. The number of piperidine rings is 3. The predicted molar refractivity (Wildman–Crippen MR) is 169 cm³/mol. The van der Waals surface area contributed by atoms with E-state index in [2.05, 4.69) is 0 Å². The molecule has 0 spiro atoms. The minimum atomic E-state index is -2.71. The third kappa shape index (κ3) is 5.48. The van der Waals surface area contributed by atoms with Gasteiger partial charge in [-0.15, -0.1) is 0 Å². The molecular formula is C35H31NO11. The summed E-state index contributed by atoms with van der Waals surface area (Å²) in [5.41, 5.74) is -4.48. The standard InChI is InChI=1S/C35H31NO11/c37-24-7-1-20(17-27(24)40)4-10-30(43)34(31(44)11-5-21-2-8-25(38)28(41)18-21)23-13-15-36(16-14-23)35(34,33(46)47)32(45)12-6-22-3-9-26(39)29(42)19-22/h1-12,17-19,23,37-42H,13-16H2,(H,46,47)/b10-4+,11-5+,12-6+. The molecule has 3 heterocycles. The van der Waals surface area contributed by atoms with Crippen molar-refractivity contribution < 1.29 is 54.9 Å². The lowest BCUT2D eigenvalue weighted by Crippen LogP contribution is -2.80. The molecular weight excluding hydrogens is 610 g/mol. The van der Waals surface area contributed by atoms with Crippen molar-refractivity contribution >= 4 is 41.5 Å². The van der Waals surface area contributed by atoms with E-state index in [0.717, 1.165) is 36.4 Å². The largest absolute Gasteiger partial charge is 0.504 e. The van der Waals surface area contributed by atoms with Crippen LogP contribution in [0.4, 0.5) is 0 Å². The van der Waals surface area contributed by atoms with Gasteiger partial charge >= 0.3 is 5.97 Å². The Balaban J connectivity index is 1.69. The average molecular weight is 642 g/mol. The first-order valence-corrected chi connectivity index (χ1v) is 14.5. The van der Waals surface area contributed by atoms with E-state index in [9.17, 15) is 54.9 Å². The van der Waals surface area contributed by atoms with Crippen molar-refractivity contribution in [2.24, 2.45) is 11.3 Å². The molecule has 12 nitrogen and oxygen atoms in total. The topological polar surface area (TPSA) is 213 Å². The second kappa shape index (κ2) is 12.5. The Labute approximate surface area is 268 Å². The molecule has 3 aliphatic heterocycles.